The normalized spacial score (nSPS) is 26.0. The van der Waals surface area contributed by atoms with Crippen molar-refractivity contribution in [1.29, 1.82) is 0 Å². The van der Waals surface area contributed by atoms with Crippen LogP contribution in [0.15, 0.2) is 12.2 Å². The SMILES string of the molecule is O=COC1C=CC1. The lowest BCUT2D eigenvalue weighted by molar-refractivity contribution is -0.131. The average molecular weight is 98.1 g/mol. The molecule has 0 aliphatic heterocycles. The van der Waals surface area contributed by atoms with Gasteiger partial charge in [0.05, 0.1) is 0 Å². The van der Waals surface area contributed by atoms with Gasteiger partial charge >= 0.3 is 0 Å². The summed E-state index contributed by atoms with van der Waals surface area (Å²) in [5.74, 6) is 0. The summed E-state index contributed by atoms with van der Waals surface area (Å²) in [6.45, 7) is 0.480. The minimum Gasteiger partial charge on any atom is -0.460 e. The molecule has 0 fully saturated rings. The molecule has 0 N–H and O–H groups in total. The van der Waals surface area contributed by atoms with Crippen LogP contribution in [0, 0.1) is 0 Å². The number of ether oxygens (including phenoxy) is 1. The van der Waals surface area contributed by atoms with Gasteiger partial charge in [0.25, 0.3) is 6.47 Å². The van der Waals surface area contributed by atoms with Gasteiger partial charge in [-0.3, -0.25) is 4.79 Å². The first kappa shape index (κ1) is 4.37. The third-order valence-electron chi connectivity index (χ3n) is 0.949. The predicted molar refractivity (Wildman–Crippen MR) is 24.7 cm³/mol. The number of rotatable bonds is 2. The summed E-state index contributed by atoms with van der Waals surface area (Å²) in [6.07, 6.45) is 4.79. The fraction of sp³-hybridized carbons (Fsp3) is 0.400. The van der Waals surface area contributed by atoms with E-state index in [-0.39, 0.29) is 6.10 Å². The fourth-order valence-electron chi connectivity index (χ4n) is 0.419. The molecule has 0 heterocycles. The molecule has 2 heteroatoms. The van der Waals surface area contributed by atoms with E-state index in [0.717, 1.165) is 6.42 Å². The Hall–Kier alpha value is -0.790. The van der Waals surface area contributed by atoms with Crippen molar-refractivity contribution in [1.82, 2.24) is 0 Å². The summed E-state index contributed by atoms with van der Waals surface area (Å²) in [6, 6.07) is 0. The Kier molecular flexibility index (Phi) is 1.11. The molecule has 1 rings (SSSR count). The molecule has 0 aromatic rings. The molecule has 0 aromatic heterocycles. The van der Waals surface area contributed by atoms with E-state index < -0.39 is 0 Å². The number of carbonyl (C=O) groups is 1. The van der Waals surface area contributed by atoms with E-state index in [1.807, 2.05) is 12.2 Å². The van der Waals surface area contributed by atoms with E-state index in [4.69, 9.17) is 0 Å². The minimum absolute atomic E-state index is 0.0810. The van der Waals surface area contributed by atoms with Crippen LogP contribution in [0.25, 0.3) is 0 Å². The Morgan fingerprint density at radius 1 is 1.86 bits per heavy atom. The van der Waals surface area contributed by atoms with E-state index >= 15 is 0 Å². The van der Waals surface area contributed by atoms with Gasteiger partial charge < -0.3 is 4.74 Å². The summed E-state index contributed by atoms with van der Waals surface area (Å²) in [7, 11) is 0. The summed E-state index contributed by atoms with van der Waals surface area (Å²) in [4.78, 5) is 9.55. The zero-order chi connectivity index (χ0) is 5.11. The van der Waals surface area contributed by atoms with Gasteiger partial charge in [0.1, 0.15) is 6.10 Å². The monoisotopic (exact) mass is 98.0 g/mol. The lowest BCUT2D eigenvalue weighted by Crippen LogP contribution is -2.13. The topological polar surface area (TPSA) is 26.3 Å². The summed E-state index contributed by atoms with van der Waals surface area (Å²) < 4.78 is 4.51. The Labute approximate surface area is 41.8 Å². The highest BCUT2D eigenvalue weighted by Crippen LogP contribution is 2.09. The molecule has 0 spiro atoms. The smallest absolute Gasteiger partial charge is 0.293 e. The molecule has 0 amide bonds. The van der Waals surface area contributed by atoms with Crippen LogP contribution < -0.4 is 0 Å². The van der Waals surface area contributed by atoms with Crippen molar-refractivity contribution in [2.24, 2.45) is 0 Å². The molecule has 1 aliphatic rings. The molecule has 0 saturated heterocycles. The second-order valence-corrected chi connectivity index (χ2v) is 1.43. The molecule has 1 aliphatic carbocycles. The fourth-order valence-corrected chi connectivity index (χ4v) is 0.419. The Morgan fingerprint density at radius 2 is 2.57 bits per heavy atom. The quantitative estimate of drug-likeness (QED) is 0.371. The van der Waals surface area contributed by atoms with Crippen LogP contribution in [-0.4, -0.2) is 12.6 Å². The van der Waals surface area contributed by atoms with Crippen LogP contribution in [0.4, 0.5) is 0 Å². The molecule has 1 unspecified atom stereocenters. The van der Waals surface area contributed by atoms with Crippen molar-refractivity contribution in [3.05, 3.63) is 12.2 Å². The van der Waals surface area contributed by atoms with E-state index in [0.29, 0.717) is 6.47 Å². The van der Waals surface area contributed by atoms with Crippen LogP contribution in [-0.2, 0) is 9.53 Å². The zero-order valence-corrected chi connectivity index (χ0v) is 3.83. The highest BCUT2D eigenvalue weighted by atomic mass is 16.5. The second kappa shape index (κ2) is 1.78. The lowest BCUT2D eigenvalue weighted by Gasteiger charge is -2.13. The Balaban J connectivity index is 2.17. The van der Waals surface area contributed by atoms with Crippen LogP contribution in [0.3, 0.4) is 0 Å². The molecule has 0 radical (unpaired) electrons. The van der Waals surface area contributed by atoms with E-state index in [9.17, 15) is 4.79 Å². The summed E-state index contributed by atoms with van der Waals surface area (Å²) >= 11 is 0. The van der Waals surface area contributed by atoms with Crippen molar-refractivity contribution < 1.29 is 9.53 Å². The van der Waals surface area contributed by atoms with Gasteiger partial charge in [-0.25, -0.2) is 0 Å². The van der Waals surface area contributed by atoms with E-state index in [2.05, 4.69) is 4.74 Å². The largest absolute Gasteiger partial charge is 0.460 e. The first-order valence-corrected chi connectivity index (χ1v) is 2.19. The maximum Gasteiger partial charge on any atom is 0.293 e. The van der Waals surface area contributed by atoms with Gasteiger partial charge in [0, 0.05) is 6.42 Å². The van der Waals surface area contributed by atoms with Gasteiger partial charge in [0.15, 0.2) is 0 Å². The highest BCUT2D eigenvalue weighted by Gasteiger charge is 2.08. The maximum absolute atomic E-state index is 9.55. The van der Waals surface area contributed by atoms with Crippen LogP contribution in [0.5, 0.6) is 0 Å². The van der Waals surface area contributed by atoms with E-state index in [1.165, 1.54) is 0 Å². The van der Waals surface area contributed by atoms with Gasteiger partial charge in [-0.2, -0.15) is 0 Å². The second-order valence-electron chi connectivity index (χ2n) is 1.43. The van der Waals surface area contributed by atoms with Crippen molar-refractivity contribution in [2.75, 3.05) is 0 Å². The molecular formula is C5H6O2. The van der Waals surface area contributed by atoms with Gasteiger partial charge in [-0.1, -0.05) is 6.08 Å². The van der Waals surface area contributed by atoms with Crippen LogP contribution in [0.1, 0.15) is 6.42 Å². The average Bonchev–Trinajstić information content (AvgIpc) is 1.55. The molecular weight excluding hydrogens is 92.1 g/mol. The highest BCUT2D eigenvalue weighted by molar-refractivity contribution is 5.38. The Morgan fingerprint density at radius 3 is 2.71 bits per heavy atom. The first-order chi connectivity index (χ1) is 3.43. The maximum atomic E-state index is 9.55. The van der Waals surface area contributed by atoms with Crippen molar-refractivity contribution in [3.63, 3.8) is 0 Å². The molecule has 0 saturated carbocycles. The Bertz CT molecular complexity index is 96.3. The number of carbonyl (C=O) groups excluding carboxylic acids is 1. The van der Waals surface area contributed by atoms with E-state index in [1.54, 1.807) is 0 Å². The van der Waals surface area contributed by atoms with Crippen LogP contribution >= 0.6 is 0 Å². The first-order valence-electron chi connectivity index (χ1n) is 2.19. The minimum atomic E-state index is 0.0810. The van der Waals surface area contributed by atoms with Crippen molar-refractivity contribution in [3.8, 4) is 0 Å². The summed E-state index contributed by atoms with van der Waals surface area (Å²) in [5.41, 5.74) is 0. The van der Waals surface area contributed by atoms with Gasteiger partial charge in [-0.15, -0.1) is 0 Å². The number of hydrogen-bond donors (Lipinski definition) is 0. The predicted octanol–water partition coefficient (Wildman–Crippen LogP) is 0.488. The van der Waals surface area contributed by atoms with Gasteiger partial charge in [0.2, 0.25) is 0 Å². The molecule has 0 aromatic carbocycles. The zero-order valence-electron chi connectivity index (χ0n) is 3.83. The summed E-state index contributed by atoms with van der Waals surface area (Å²) in [5, 5.41) is 0. The molecule has 0 bridgehead atoms. The van der Waals surface area contributed by atoms with Gasteiger partial charge in [-0.05, 0) is 6.08 Å². The third-order valence-corrected chi connectivity index (χ3v) is 0.949. The molecule has 7 heavy (non-hydrogen) atoms. The third kappa shape index (κ3) is 0.796. The van der Waals surface area contributed by atoms with Crippen molar-refractivity contribution >= 4 is 6.47 Å². The molecule has 1 atom stereocenters. The standard InChI is InChI=1S/C5H6O2/c6-4-7-5-2-1-3-5/h1-2,4-5H,3H2. The van der Waals surface area contributed by atoms with Crippen LogP contribution in [0.2, 0.25) is 0 Å². The van der Waals surface area contributed by atoms with Crippen molar-refractivity contribution in [2.45, 2.75) is 12.5 Å². The molecule has 2 nitrogen and oxygen atoms in total. The molecule has 38 valence electrons. The number of hydrogen-bond acceptors (Lipinski definition) is 2. The lowest BCUT2D eigenvalue weighted by atomic mass is 10.1.